The Balaban J connectivity index is 1.68. The Labute approximate surface area is 178 Å². The average Bonchev–Trinajstić information content (AvgIpc) is 3.15. The molecule has 4 rings (SSSR count). The number of hydrogen-bond acceptors (Lipinski definition) is 5. The van der Waals surface area contributed by atoms with Crippen LogP contribution in [-0.4, -0.2) is 27.8 Å². The first-order chi connectivity index (χ1) is 14.6. The highest BCUT2D eigenvalue weighted by molar-refractivity contribution is 6.31. The second-order valence-electron chi connectivity index (χ2n) is 6.79. The number of nitrogens with zero attached hydrogens (tertiary/aromatic N) is 3. The van der Waals surface area contributed by atoms with Crippen LogP contribution in [0.1, 0.15) is 21.6 Å². The van der Waals surface area contributed by atoms with E-state index < -0.39 is 0 Å². The van der Waals surface area contributed by atoms with Gasteiger partial charge in [-0.05, 0) is 48.9 Å². The maximum atomic E-state index is 12.8. The van der Waals surface area contributed by atoms with Crippen molar-refractivity contribution in [1.29, 1.82) is 0 Å². The van der Waals surface area contributed by atoms with Crippen molar-refractivity contribution in [3.8, 4) is 5.69 Å². The quantitative estimate of drug-likeness (QED) is 0.454. The third-order valence-corrected chi connectivity index (χ3v) is 4.88. The molecule has 0 spiro atoms. The number of hydrogen-bond donors (Lipinski definition) is 2. The number of carbonyl (C=O) groups excluding carboxylic acids is 1. The molecule has 0 aliphatic heterocycles. The van der Waals surface area contributed by atoms with Crippen LogP contribution >= 0.6 is 11.6 Å². The van der Waals surface area contributed by atoms with Crippen LogP contribution in [0.5, 0.6) is 0 Å². The van der Waals surface area contributed by atoms with Crippen LogP contribution in [0.25, 0.3) is 16.6 Å². The second kappa shape index (κ2) is 8.52. The predicted octanol–water partition coefficient (Wildman–Crippen LogP) is 4.29. The molecule has 0 fully saturated rings. The highest BCUT2D eigenvalue weighted by atomic mass is 35.5. The molecule has 0 atom stereocenters. The Morgan fingerprint density at radius 3 is 2.87 bits per heavy atom. The van der Waals surface area contributed by atoms with Crippen molar-refractivity contribution in [3.05, 3.63) is 82.8 Å². The number of methoxy groups -OCH3 is 1. The summed E-state index contributed by atoms with van der Waals surface area (Å²) in [6, 6.07) is 15.0. The molecule has 2 aromatic carbocycles. The number of nitrogens with one attached hydrogen (secondary N) is 2. The Hall–Kier alpha value is -3.42. The molecule has 0 saturated carbocycles. The lowest BCUT2D eigenvalue weighted by Crippen LogP contribution is -2.30. The molecule has 152 valence electrons. The average molecular weight is 422 g/mol. The largest absolute Gasteiger partial charge is 0.378 e. The molecule has 30 heavy (non-hydrogen) atoms. The maximum Gasteiger partial charge on any atom is 0.273 e. The fourth-order valence-electron chi connectivity index (χ4n) is 3.26. The standard InChI is InChI=1S/C22H20ClN5O2/c1-14-4-3-5-16(10-14)26-27-22(29)18-12-25-28(21(18)13-30-2)20-8-9-24-19-11-15(23)6-7-17(19)20/h3-12,26H,13H2,1-2H3,(H,27,29). The summed E-state index contributed by atoms with van der Waals surface area (Å²) in [6.07, 6.45) is 3.22. The zero-order valence-corrected chi connectivity index (χ0v) is 17.3. The zero-order valence-electron chi connectivity index (χ0n) is 16.5. The number of rotatable bonds is 6. The van der Waals surface area contributed by atoms with E-state index in [1.165, 1.54) is 6.20 Å². The normalized spacial score (nSPS) is 10.9. The van der Waals surface area contributed by atoms with E-state index in [4.69, 9.17) is 16.3 Å². The maximum absolute atomic E-state index is 12.8. The smallest absolute Gasteiger partial charge is 0.273 e. The summed E-state index contributed by atoms with van der Waals surface area (Å²) in [5.41, 5.74) is 10.1. The van der Waals surface area contributed by atoms with Gasteiger partial charge in [0.1, 0.15) is 0 Å². The molecule has 2 N–H and O–H groups in total. The van der Waals surface area contributed by atoms with Crippen LogP contribution in [0.4, 0.5) is 5.69 Å². The minimum atomic E-state index is -0.309. The minimum Gasteiger partial charge on any atom is -0.378 e. The third-order valence-electron chi connectivity index (χ3n) is 4.64. The number of hydrazine groups is 1. The van der Waals surface area contributed by atoms with Crippen LogP contribution in [-0.2, 0) is 11.3 Å². The molecule has 2 heterocycles. The summed E-state index contributed by atoms with van der Waals surface area (Å²) < 4.78 is 7.05. The van der Waals surface area contributed by atoms with Gasteiger partial charge in [-0.3, -0.25) is 20.6 Å². The van der Waals surface area contributed by atoms with Crippen LogP contribution in [0.3, 0.4) is 0 Å². The summed E-state index contributed by atoms with van der Waals surface area (Å²) in [6.45, 7) is 2.20. The number of benzene rings is 2. The first-order valence-electron chi connectivity index (χ1n) is 9.30. The lowest BCUT2D eigenvalue weighted by molar-refractivity contribution is 0.0957. The van der Waals surface area contributed by atoms with Crippen molar-refractivity contribution in [2.24, 2.45) is 0 Å². The van der Waals surface area contributed by atoms with Crippen LogP contribution in [0, 0.1) is 6.92 Å². The molecule has 4 aromatic rings. The topological polar surface area (TPSA) is 81.1 Å². The van der Waals surface area contributed by atoms with E-state index in [1.54, 1.807) is 30.1 Å². The van der Waals surface area contributed by atoms with Crippen molar-refractivity contribution in [2.45, 2.75) is 13.5 Å². The Morgan fingerprint density at radius 1 is 1.20 bits per heavy atom. The number of halogens is 1. The molecule has 2 aromatic heterocycles. The molecule has 7 nitrogen and oxygen atoms in total. The minimum absolute atomic E-state index is 0.213. The molecule has 0 aliphatic rings. The SMILES string of the molecule is COCc1c(C(=O)NNc2cccc(C)c2)cnn1-c1ccnc2cc(Cl)ccc12. The summed E-state index contributed by atoms with van der Waals surface area (Å²) in [5, 5.41) is 5.93. The lowest BCUT2D eigenvalue weighted by atomic mass is 10.1. The van der Waals surface area contributed by atoms with E-state index >= 15 is 0 Å². The number of aromatic nitrogens is 3. The summed E-state index contributed by atoms with van der Waals surface area (Å²) in [5.74, 6) is -0.309. The van der Waals surface area contributed by atoms with Crippen LogP contribution in [0.2, 0.25) is 5.02 Å². The molecule has 1 amide bonds. The summed E-state index contributed by atoms with van der Waals surface area (Å²) in [4.78, 5) is 17.2. The van der Waals surface area contributed by atoms with Gasteiger partial charge in [0.05, 0.1) is 41.0 Å². The highest BCUT2D eigenvalue weighted by Crippen LogP contribution is 2.25. The Kier molecular flexibility index (Phi) is 5.65. The predicted molar refractivity (Wildman–Crippen MR) is 117 cm³/mol. The van der Waals surface area contributed by atoms with Gasteiger partial charge in [-0.2, -0.15) is 5.10 Å². The number of carbonyl (C=O) groups is 1. The van der Waals surface area contributed by atoms with E-state index in [1.807, 2.05) is 43.3 Å². The molecule has 8 heteroatoms. The fourth-order valence-corrected chi connectivity index (χ4v) is 3.42. The molecule has 0 bridgehead atoms. The fraction of sp³-hybridized carbons (Fsp3) is 0.136. The Bertz CT molecular complexity index is 1220. The zero-order chi connectivity index (χ0) is 21.1. The van der Waals surface area contributed by atoms with Gasteiger partial charge >= 0.3 is 0 Å². The lowest BCUT2D eigenvalue weighted by Gasteiger charge is -2.12. The summed E-state index contributed by atoms with van der Waals surface area (Å²) >= 11 is 6.10. The summed E-state index contributed by atoms with van der Waals surface area (Å²) in [7, 11) is 1.58. The van der Waals surface area contributed by atoms with Gasteiger partial charge in [-0.1, -0.05) is 23.7 Å². The number of ether oxygens (including phenoxy) is 1. The van der Waals surface area contributed by atoms with Crippen molar-refractivity contribution >= 4 is 34.1 Å². The van der Waals surface area contributed by atoms with Crippen molar-refractivity contribution in [2.75, 3.05) is 12.5 Å². The number of anilines is 1. The third kappa shape index (κ3) is 3.98. The van der Waals surface area contributed by atoms with Crippen molar-refractivity contribution < 1.29 is 9.53 Å². The second-order valence-corrected chi connectivity index (χ2v) is 7.23. The number of aryl methyl sites for hydroxylation is 1. The highest BCUT2D eigenvalue weighted by Gasteiger charge is 2.19. The van der Waals surface area contributed by atoms with Gasteiger partial charge in [-0.15, -0.1) is 0 Å². The molecule has 0 saturated heterocycles. The van der Waals surface area contributed by atoms with Gasteiger partial charge in [0.25, 0.3) is 5.91 Å². The van der Waals surface area contributed by atoms with Gasteiger partial charge in [0.15, 0.2) is 0 Å². The number of pyridine rings is 1. The molecular formula is C22H20ClN5O2. The van der Waals surface area contributed by atoms with E-state index in [0.29, 0.717) is 16.3 Å². The van der Waals surface area contributed by atoms with E-state index in [0.717, 1.165) is 27.8 Å². The van der Waals surface area contributed by atoms with Crippen molar-refractivity contribution in [3.63, 3.8) is 0 Å². The molecule has 0 aliphatic carbocycles. The first-order valence-corrected chi connectivity index (χ1v) is 9.68. The van der Waals surface area contributed by atoms with Gasteiger partial charge in [-0.25, -0.2) is 4.68 Å². The van der Waals surface area contributed by atoms with Crippen LogP contribution < -0.4 is 10.9 Å². The van der Waals surface area contributed by atoms with Gasteiger partial charge in [0.2, 0.25) is 0 Å². The van der Waals surface area contributed by atoms with Gasteiger partial charge in [0, 0.05) is 23.7 Å². The van der Waals surface area contributed by atoms with E-state index in [2.05, 4.69) is 20.9 Å². The molecule has 0 unspecified atom stereocenters. The van der Waals surface area contributed by atoms with Gasteiger partial charge < -0.3 is 4.74 Å². The Morgan fingerprint density at radius 2 is 2.07 bits per heavy atom. The monoisotopic (exact) mass is 421 g/mol. The molecule has 0 radical (unpaired) electrons. The van der Waals surface area contributed by atoms with Crippen LogP contribution in [0.15, 0.2) is 60.9 Å². The molecular weight excluding hydrogens is 402 g/mol. The van der Waals surface area contributed by atoms with E-state index in [9.17, 15) is 4.79 Å². The number of fused-ring (bicyclic) bond motifs is 1. The van der Waals surface area contributed by atoms with E-state index in [-0.39, 0.29) is 12.5 Å². The number of amides is 1. The van der Waals surface area contributed by atoms with Crippen molar-refractivity contribution in [1.82, 2.24) is 20.2 Å². The first kappa shape index (κ1) is 19.9.